The van der Waals surface area contributed by atoms with Gasteiger partial charge in [-0.3, -0.25) is 0 Å². The van der Waals surface area contributed by atoms with Gasteiger partial charge in [0.2, 0.25) is 0 Å². The standard InChI is InChI=1S/C24H24ClN3O3S/c1-3-4-9-21-27-22(25)19(14-29)28(21)13-15-10-11-18-20(12-15)32-23(26-18)16-7-5-6-8-17(16)24(30)31-2/h5-8,10-12,29H,3-4,9,13-14H2,1-2H3. The molecule has 0 aliphatic heterocycles. The van der Waals surface area contributed by atoms with Gasteiger partial charge >= 0.3 is 5.97 Å². The Morgan fingerprint density at radius 2 is 2.03 bits per heavy atom. The van der Waals surface area contributed by atoms with Crippen molar-refractivity contribution in [2.75, 3.05) is 7.11 Å². The number of aliphatic hydroxyl groups excluding tert-OH is 1. The molecular formula is C24H24ClN3O3S. The zero-order valence-corrected chi connectivity index (χ0v) is 19.5. The number of aromatic nitrogens is 3. The van der Waals surface area contributed by atoms with Gasteiger partial charge in [0.25, 0.3) is 0 Å². The predicted octanol–water partition coefficient (Wildman–Crippen LogP) is 5.48. The second-order valence-corrected chi connectivity index (χ2v) is 8.86. The van der Waals surface area contributed by atoms with Crippen LogP contribution in [0.3, 0.4) is 0 Å². The van der Waals surface area contributed by atoms with E-state index in [9.17, 15) is 9.90 Å². The van der Waals surface area contributed by atoms with E-state index in [1.54, 1.807) is 6.07 Å². The molecule has 0 saturated carbocycles. The van der Waals surface area contributed by atoms with Crippen LogP contribution in [0.1, 0.15) is 47.2 Å². The lowest BCUT2D eigenvalue weighted by Crippen LogP contribution is -2.09. The number of esters is 1. The highest BCUT2D eigenvalue weighted by Crippen LogP contribution is 2.33. The molecule has 2 heterocycles. The van der Waals surface area contributed by atoms with E-state index in [1.165, 1.54) is 18.4 Å². The summed E-state index contributed by atoms with van der Waals surface area (Å²) in [7, 11) is 1.38. The smallest absolute Gasteiger partial charge is 0.338 e. The van der Waals surface area contributed by atoms with Gasteiger partial charge in [-0.1, -0.05) is 49.2 Å². The number of aliphatic hydroxyl groups is 1. The molecular weight excluding hydrogens is 446 g/mol. The number of methoxy groups -OCH3 is 1. The molecule has 2 aromatic heterocycles. The normalized spacial score (nSPS) is 11.2. The Kier molecular flexibility index (Phi) is 6.89. The third-order valence-corrected chi connectivity index (χ3v) is 6.72. The first kappa shape index (κ1) is 22.5. The SMILES string of the molecule is CCCCc1nc(Cl)c(CO)n1Cc1ccc2nc(-c3ccccc3C(=O)OC)sc2c1. The third kappa shape index (κ3) is 4.41. The number of hydrogen-bond donors (Lipinski definition) is 1. The Morgan fingerprint density at radius 1 is 1.22 bits per heavy atom. The van der Waals surface area contributed by atoms with E-state index < -0.39 is 0 Å². The van der Waals surface area contributed by atoms with Crippen LogP contribution < -0.4 is 0 Å². The van der Waals surface area contributed by atoms with Crippen LogP contribution in [-0.2, 0) is 24.3 Å². The maximum absolute atomic E-state index is 12.2. The molecule has 1 N–H and O–H groups in total. The Hall–Kier alpha value is -2.74. The fourth-order valence-electron chi connectivity index (χ4n) is 3.69. The van der Waals surface area contributed by atoms with Crippen molar-refractivity contribution < 1.29 is 14.6 Å². The molecule has 8 heteroatoms. The zero-order valence-electron chi connectivity index (χ0n) is 18.0. The summed E-state index contributed by atoms with van der Waals surface area (Å²) in [6.07, 6.45) is 2.88. The number of carbonyl (C=O) groups is 1. The summed E-state index contributed by atoms with van der Waals surface area (Å²) in [5.41, 5.74) is 3.82. The summed E-state index contributed by atoms with van der Waals surface area (Å²) < 4.78 is 7.94. The van der Waals surface area contributed by atoms with Crippen LogP contribution in [0.15, 0.2) is 42.5 Å². The fourth-order valence-corrected chi connectivity index (χ4v) is 5.02. The minimum atomic E-state index is -0.381. The average Bonchev–Trinajstić information content (AvgIpc) is 3.37. The zero-order chi connectivity index (χ0) is 22.7. The van der Waals surface area contributed by atoms with Gasteiger partial charge in [-0.15, -0.1) is 11.3 Å². The quantitative estimate of drug-likeness (QED) is 0.345. The van der Waals surface area contributed by atoms with Gasteiger partial charge in [-0.2, -0.15) is 0 Å². The number of imidazole rings is 1. The maximum Gasteiger partial charge on any atom is 0.338 e. The molecule has 2 aromatic carbocycles. The van der Waals surface area contributed by atoms with Gasteiger partial charge in [0, 0.05) is 18.5 Å². The second kappa shape index (κ2) is 9.81. The monoisotopic (exact) mass is 469 g/mol. The molecule has 0 aliphatic carbocycles. The number of rotatable bonds is 8. The molecule has 0 spiro atoms. The molecule has 4 aromatic rings. The molecule has 0 fully saturated rings. The molecule has 4 rings (SSSR count). The van der Waals surface area contributed by atoms with Crippen molar-refractivity contribution in [3.63, 3.8) is 0 Å². The van der Waals surface area contributed by atoms with Gasteiger partial charge in [0.1, 0.15) is 10.8 Å². The van der Waals surface area contributed by atoms with Crippen molar-refractivity contribution in [3.05, 3.63) is 70.3 Å². The van der Waals surface area contributed by atoms with E-state index in [-0.39, 0.29) is 12.6 Å². The van der Waals surface area contributed by atoms with Crippen molar-refractivity contribution in [1.29, 1.82) is 0 Å². The van der Waals surface area contributed by atoms with Crippen molar-refractivity contribution >= 4 is 39.1 Å². The molecule has 0 unspecified atom stereocenters. The number of halogens is 1. The second-order valence-electron chi connectivity index (χ2n) is 7.47. The fraction of sp³-hybridized carbons (Fsp3) is 0.292. The lowest BCUT2D eigenvalue weighted by molar-refractivity contribution is 0.0601. The van der Waals surface area contributed by atoms with E-state index in [0.29, 0.717) is 23.0 Å². The molecule has 0 atom stereocenters. The van der Waals surface area contributed by atoms with E-state index in [1.807, 2.05) is 34.9 Å². The first-order valence-electron chi connectivity index (χ1n) is 10.5. The Labute approximate surface area is 195 Å². The summed E-state index contributed by atoms with van der Waals surface area (Å²) in [6, 6.07) is 13.4. The number of unbranched alkanes of at least 4 members (excludes halogenated alkanes) is 1. The number of hydrogen-bond acceptors (Lipinski definition) is 6. The van der Waals surface area contributed by atoms with Gasteiger partial charge < -0.3 is 14.4 Å². The van der Waals surface area contributed by atoms with Crippen LogP contribution >= 0.6 is 22.9 Å². The van der Waals surface area contributed by atoms with Crippen LogP contribution in [0.4, 0.5) is 0 Å². The van der Waals surface area contributed by atoms with Crippen molar-refractivity contribution in [2.24, 2.45) is 0 Å². The average molecular weight is 470 g/mol. The lowest BCUT2D eigenvalue weighted by atomic mass is 10.1. The molecule has 166 valence electrons. The van der Waals surface area contributed by atoms with Crippen molar-refractivity contribution in [3.8, 4) is 10.6 Å². The van der Waals surface area contributed by atoms with Gasteiger partial charge in [0.15, 0.2) is 5.15 Å². The van der Waals surface area contributed by atoms with Crippen LogP contribution in [0, 0.1) is 0 Å². The Balaban J connectivity index is 1.69. The Morgan fingerprint density at radius 3 is 2.78 bits per heavy atom. The minimum absolute atomic E-state index is 0.158. The summed E-state index contributed by atoms with van der Waals surface area (Å²) in [5, 5.41) is 10.9. The van der Waals surface area contributed by atoms with Crippen LogP contribution in [0.5, 0.6) is 0 Å². The molecule has 0 bridgehead atoms. The number of fused-ring (bicyclic) bond motifs is 1. The van der Waals surface area contributed by atoms with E-state index >= 15 is 0 Å². The first-order chi connectivity index (χ1) is 15.5. The number of ether oxygens (including phenoxy) is 1. The summed E-state index contributed by atoms with van der Waals surface area (Å²) >= 11 is 7.81. The predicted molar refractivity (Wildman–Crippen MR) is 127 cm³/mol. The maximum atomic E-state index is 12.2. The molecule has 0 radical (unpaired) electrons. The van der Waals surface area contributed by atoms with E-state index in [0.717, 1.165) is 51.4 Å². The number of thiazole rings is 1. The third-order valence-electron chi connectivity index (χ3n) is 5.36. The van der Waals surface area contributed by atoms with Crippen molar-refractivity contribution in [2.45, 2.75) is 39.3 Å². The molecule has 0 saturated heterocycles. The summed E-state index contributed by atoms with van der Waals surface area (Å²) in [6.45, 7) is 2.54. The molecule has 32 heavy (non-hydrogen) atoms. The van der Waals surface area contributed by atoms with E-state index in [2.05, 4.69) is 18.0 Å². The first-order valence-corrected chi connectivity index (χ1v) is 11.7. The highest BCUT2D eigenvalue weighted by atomic mass is 35.5. The molecule has 0 amide bonds. The summed E-state index contributed by atoms with van der Waals surface area (Å²) in [4.78, 5) is 21.4. The minimum Gasteiger partial charge on any atom is -0.465 e. The molecule has 0 aliphatic rings. The van der Waals surface area contributed by atoms with Gasteiger partial charge in [-0.05, 0) is 30.2 Å². The van der Waals surface area contributed by atoms with Crippen LogP contribution in [-0.4, -0.2) is 32.7 Å². The van der Waals surface area contributed by atoms with E-state index in [4.69, 9.17) is 21.3 Å². The lowest BCUT2D eigenvalue weighted by Gasteiger charge is -2.11. The number of aryl methyl sites for hydroxylation is 1. The van der Waals surface area contributed by atoms with Crippen LogP contribution in [0.25, 0.3) is 20.8 Å². The number of carbonyl (C=O) groups excluding carboxylic acids is 1. The number of nitrogens with zero attached hydrogens (tertiary/aromatic N) is 3. The van der Waals surface area contributed by atoms with Crippen LogP contribution in [0.2, 0.25) is 5.15 Å². The largest absolute Gasteiger partial charge is 0.465 e. The Bertz CT molecular complexity index is 1260. The van der Waals surface area contributed by atoms with Gasteiger partial charge in [-0.25, -0.2) is 14.8 Å². The topological polar surface area (TPSA) is 77.2 Å². The van der Waals surface area contributed by atoms with Crippen molar-refractivity contribution in [1.82, 2.24) is 14.5 Å². The molecule has 6 nitrogen and oxygen atoms in total. The van der Waals surface area contributed by atoms with Gasteiger partial charge in [0.05, 0.1) is 35.2 Å². The highest BCUT2D eigenvalue weighted by molar-refractivity contribution is 7.21. The highest BCUT2D eigenvalue weighted by Gasteiger charge is 2.18. The number of benzene rings is 2. The summed E-state index contributed by atoms with van der Waals surface area (Å²) in [5.74, 6) is 0.506.